The van der Waals surface area contributed by atoms with Crippen molar-refractivity contribution in [3.8, 4) is 5.75 Å². The quantitative estimate of drug-likeness (QED) is 0.482. The molecule has 0 atom stereocenters. The van der Waals surface area contributed by atoms with Crippen LogP contribution in [0.4, 0.5) is 5.82 Å². The smallest absolute Gasteiger partial charge is 0.387 e. The monoisotopic (exact) mass is 315 g/mol. The van der Waals surface area contributed by atoms with Gasteiger partial charge in [-0.2, -0.15) is 0 Å². The number of hydrogen-bond donors (Lipinski definition) is 0. The van der Waals surface area contributed by atoms with E-state index in [1.165, 1.54) is 6.33 Å². The van der Waals surface area contributed by atoms with Crippen LogP contribution in [0.1, 0.15) is 16.1 Å². The molecule has 1 heterocycles. The minimum atomic E-state index is -1.02. The molecule has 6 nitrogen and oxygen atoms in total. The maximum Gasteiger partial charge on any atom is 0.387 e. The molecule has 0 aliphatic heterocycles. The minimum absolute atomic E-state index is 0.175. The van der Waals surface area contributed by atoms with Crippen molar-refractivity contribution in [3.63, 3.8) is 0 Å². The van der Waals surface area contributed by atoms with Crippen molar-refractivity contribution in [2.75, 3.05) is 7.11 Å². The zero-order valence-corrected chi connectivity index (χ0v) is 12.0. The van der Waals surface area contributed by atoms with E-state index in [2.05, 4.69) is 4.98 Å². The Kier molecular flexibility index (Phi) is 4.46. The van der Waals surface area contributed by atoms with Crippen LogP contribution in [0, 0.1) is 10.1 Å². The molecule has 0 saturated carbocycles. The Morgan fingerprint density at radius 1 is 1.40 bits per heavy atom. The third-order valence-corrected chi connectivity index (χ3v) is 3.16. The molecule has 0 unspecified atom stereocenters. The molecule has 0 fully saturated rings. The number of imidazole rings is 1. The van der Waals surface area contributed by atoms with Crippen molar-refractivity contribution in [2.24, 2.45) is 0 Å². The molecule has 0 N–H and O–H groups in total. The summed E-state index contributed by atoms with van der Waals surface area (Å²) >= 11 is 11.6. The van der Waals surface area contributed by atoms with Crippen LogP contribution in [-0.2, 0) is 6.54 Å². The lowest BCUT2D eigenvalue weighted by Crippen LogP contribution is -2.05. The lowest BCUT2D eigenvalue weighted by Gasteiger charge is -2.08. The van der Waals surface area contributed by atoms with Crippen LogP contribution in [0.3, 0.4) is 0 Å². The molecule has 8 heteroatoms. The van der Waals surface area contributed by atoms with Crippen LogP contribution in [0.2, 0.25) is 0 Å². The van der Waals surface area contributed by atoms with Crippen molar-refractivity contribution in [2.45, 2.75) is 11.4 Å². The number of aromatic nitrogens is 2. The van der Waals surface area contributed by atoms with Gasteiger partial charge in [-0.3, -0.25) is 0 Å². The van der Waals surface area contributed by atoms with Gasteiger partial charge in [0.15, 0.2) is 10.5 Å². The summed E-state index contributed by atoms with van der Waals surface area (Å²) in [6.45, 7) is 0.385. The number of nitrogens with zero attached hydrogens (tertiary/aromatic N) is 3. The summed E-state index contributed by atoms with van der Waals surface area (Å²) < 4.78 is 6.63. The Morgan fingerprint density at radius 2 is 2.05 bits per heavy atom. The van der Waals surface area contributed by atoms with Crippen LogP contribution in [0.15, 0.2) is 30.6 Å². The molecular weight excluding hydrogens is 305 g/mol. The van der Waals surface area contributed by atoms with Gasteiger partial charge in [0.05, 0.1) is 13.7 Å². The van der Waals surface area contributed by atoms with Crippen molar-refractivity contribution in [3.05, 3.63) is 52.0 Å². The second-order valence-corrected chi connectivity index (χ2v) is 5.08. The Hall–Kier alpha value is -1.79. The summed E-state index contributed by atoms with van der Waals surface area (Å²) in [5.41, 5.74) is 1.10. The number of ether oxygens (including phenoxy) is 1. The topological polar surface area (TPSA) is 70.2 Å². The maximum atomic E-state index is 10.9. The van der Waals surface area contributed by atoms with E-state index < -0.39 is 9.76 Å². The highest BCUT2D eigenvalue weighted by molar-refractivity contribution is 6.44. The molecule has 1 aromatic heterocycles. The molecule has 0 bridgehead atoms. The van der Waals surface area contributed by atoms with Crippen molar-refractivity contribution in [1.29, 1.82) is 0 Å². The van der Waals surface area contributed by atoms with E-state index in [1.807, 2.05) is 12.1 Å². The van der Waals surface area contributed by atoms with Gasteiger partial charge >= 0.3 is 5.82 Å². The van der Waals surface area contributed by atoms with Gasteiger partial charge in [0.1, 0.15) is 5.75 Å². The van der Waals surface area contributed by atoms with E-state index in [9.17, 15) is 10.1 Å². The lowest BCUT2D eigenvalue weighted by atomic mass is 10.2. The van der Waals surface area contributed by atoms with Gasteiger partial charge in [-0.15, -0.1) is 0 Å². The molecule has 0 saturated heterocycles. The SMILES string of the molecule is COc1ccc(Cn2cnc([N+](=O)[O-])c2C(Cl)Cl)cc1. The maximum absolute atomic E-state index is 10.9. The van der Waals surface area contributed by atoms with Gasteiger partial charge in [0.2, 0.25) is 6.33 Å². The molecular formula is C12H11Cl2N3O3. The second-order valence-electron chi connectivity index (χ2n) is 3.99. The molecule has 1 aromatic carbocycles. The molecule has 0 aliphatic carbocycles. The number of methoxy groups -OCH3 is 1. The Labute approximate surface area is 125 Å². The zero-order chi connectivity index (χ0) is 14.7. The normalized spacial score (nSPS) is 10.8. The summed E-state index contributed by atoms with van der Waals surface area (Å²) in [4.78, 5) is 13.0. The Morgan fingerprint density at radius 3 is 2.55 bits per heavy atom. The highest BCUT2D eigenvalue weighted by Crippen LogP contribution is 2.32. The first-order chi connectivity index (χ1) is 9.52. The van der Waals surface area contributed by atoms with Gasteiger partial charge in [0.25, 0.3) is 0 Å². The molecule has 0 spiro atoms. The predicted octanol–water partition coefficient (Wildman–Crippen LogP) is 3.32. The average Bonchev–Trinajstić information content (AvgIpc) is 2.83. The van der Waals surface area contributed by atoms with Crippen LogP contribution < -0.4 is 4.74 Å². The number of alkyl halides is 2. The molecule has 0 radical (unpaired) electrons. The summed E-state index contributed by atoms with van der Waals surface area (Å²) in [5, 5.41) is 10.9. The van der Waals surface area contributed by atoms with E-state index in [1.54, 1.807) is 23.8 Å². The van der Waals surface area contributed by atoms with Crippen LogP contribution in [0.5, 0.6) is 5.75 Å². The summed E-state index contributed by atoms with van der Waals surface area (Å²) in [7, 11) is 1.58. The Bertz CT molecular complexity index is 611. The minimum Gasteiger partial charge on any atom is -0.497 e. The van der Waals surface area contributed by atoms with Crippen LogP contribution >= 0.6 is 23.2 Å². The summed E-state index contributed by atoms with van der Waals surface area (Å²) in [5.74, 6) is 0.409. The van der Waals surface area contributed by atoms with E-state index in [4.69, 9.17) is 27.9 Å². The molecule has 2 rings (SSSR count). The molecule has 0 aliphatic rings. The van der Waals surface area contributed by atoms with E-state index in [0.29, 0.717) is 6.54 Å². The fourth-order valence-corrected chi connectivity index (χ4v) is 2.24. The van der Waals surface area contributed by atoms with Crippen molar-refractivity contribution < 1.29 is 9.66 Å². The van der Waals surface area contributed by atoms with Crippen LogP contribution in [0.25, 0.3) is 0 Å². The third kappa shape index (κ3) is 3.02. The van der Waals surface area contributed by atoms with Gasteiger partial charge < -0.3 is 19.4 Å². The standard InChI is InChI=1S/C12H11Cl2N3O3/c1-20-9-4-2-8(3-5-9)6-16-7-15-12(17(18)19)10(16)11(13)14/h2-5,7,11H,6H2,1H3. The largest absolute Gasteiger partial charge is 0.497 e. The zero-order valence-electron chi connectivity index (χ0n) is 10.5. The van der Waals surface area contributed by atoms with Gasteiger partial charge in [-0.1, -0.05) is 35.3 Å². The molecule has 20 heavy (non-hydrogen) atoms. The summed E-state index contributed by atoms with van der Waals surface area (Å²) in [6.07, 6.45) is 1.36. The number of halogens is 2. The first-order valence-corrected chi connectivity index (χ1v) is 6.50. The number of benzene rings is 1. The van der Waals surface area contributed by atoms with Crippen molar-refractivity contribution in [1.82, 2.24) is 9.55 Å². The number of hydrogen-bond acceptors (Lipinski definition) is 4. The molecule has 2 aromatic rings. The van der Waals surface area contributed by atoms with Gasteiger partial charge in [-0.05, 0) is 27.6 Å². The first-order valence-electron chi connectivity index (χ1n) is 5.63. The van der Waals surface area contributed by atoms with Crippen LogP contribution in [-0.4, -0.2) is 21.6 Å². The fraction of sp³-hybridized carbons (Fsp3) is 0.250. The second kappa shape index (κ2) is 6.11. The highest BCUT2D eigenvalue weighted by Gasteiger charge is 2.26. The fourth-order valence-electron chi connectivity index (χ4n) is 1.80. The van der Waals surface area contributed by atoms with Gasteiger partial charge in [-0.25, -0.2) is 0 Å². The summed E-state index contributed by atoms with van der Waals surface area (Å²) in [6, 6.07) is 7.32. The average molecular weight is 316 g/mol. The molecule has 0 amide bonds. The van der Waals surface area contributed by atoms with E-state index in [-0.39, 0.29) is 11.5 Å². The first kappa shape index (κ1) is 14.6. The number of rotatable bonds is 5. The predicted molar refractivity (Wildman–Crippen MR) is 75.4 cm³/mol. The lowest BCUT2D eigenvalue weighted by molar-refractivity contribution is -0.390. The number of nitro groups is 1. The third-order valence-electron chi connectivity index (χ3n) is 2.75. The molecule has 106 valence electrons. The van der Waals surface area contributed by atoms with E-state index >= 15 is 0 Å². The van der Waals surface area contributed by atoms with Crippen molar-refractivity contribution >= 4 is 29.0 Å². The van der Waals surface area contributed by atoms with Gasteiger partial charge in [0, 0.05) is 0 Å². The highest BCUT2D eigenvalue weighted by atomic mass is 35.5. The Balaban J connectivity index is 2.30. The van der Waals surface area contributed by atoms with E-state index in [0.717, 1.165) is 11.3 Å².